The molecule has 0 aliphatic heterocycles. The molecule has 0 aromatic rings. The van der Waals surface area contributed by atoms with Crippen molar-refractivity contribution < 1.29 is 28.6 Å². The van der Waals surface area contributed by atoms with Crippen LogP contribution in [0.15, 0.2) is 24.3 Å². The Labute approximate surface area is 506 Å². The van der Waals surface area contributed by atoms with Gasteiger partial charge in [-0.2, -0.15) is 0 Å². The molecular weight excluding hydrogens is 997 g/mol. The Kier molecular flexibility index (Phi) is 68.5. The van der Waals surface area contributed by atoms with Gasteiger partial charge in [-0.25, -0.2) is 0 Å². The summed E-state index contributed by atoms with van der Waals surface area (Å²) in [6.45, 7) is 6.71. The second kappa shape index (κ2) is 70.4. The maximum Gasteiger partial charge on any atom is 0.306 e. The smallest absolute Gasteiger partial charge is 0.306 e. The summed E-state index contributed by atoms with van der Waals surface area (Å²) in [4.78, 5) is 38.4. The van der Waals surface area contributed by atoms with E-state index in [-0.39, 0.29) is 31.1 Å². The fourth-order valence-electron chi connectivity index (χ4n) is 11.4. The van der Waals surface area contributed by atoms with E-state index in [4.69, 9.17) is 14.2 Å². The Balaban J connectivity index is 4.17. The number of hydrogen-bond acceptors (Lipinski definition) is 6. The molecule has 0 fully saturated rings. The monoisotopic (exact) mass is 1140 g/mol. The van der Waals surface area contributed by atoms with Crippen LogP contribution in [0.3, 0.4) is 0 Å². The summed E-state index contributed by atoms with van der Waals surface area (Å²) >= 11 is 0. The van der Waals surface area contributed by atoms with Gasteiger partial charge in [0.2, 0.25) is 0 Å². The normalized spacial score (nSPS) is 12.1. The molecule has 0 saturated carbocycles. The highest BCUT2D eigenvalue weighted by molar-refractivity contribution is 5.71. The molecule has 0 spiro atoms. The zero-order valence-corrected chi connectivity index (χ0v) is 55.1. The third kappa shape index (κ3) is 68.6. The summed E-state index contributed by atoms with van der Waals surface area (Å²) < 4.78 is 17.0. The molecule has 0 N–H and O–H groups in total. The quantitative estimate of drug-likeness (QED) is 0.0261. The minimum atomic E-state index is -0.773. The highest BCUT2D eigenvalue weighted by Crippen LogP contribution is 2.19. The maximum absolute atomic E-state index is 12.9. The van der Waals surface area contributed by atoms with Crippen LogP contribution in [-0.4, -0.2) is 37.2 Å². The third-order valence-electron chi connectivity index (χ3n) is 17.0. The van der Waals surface area contributed by atoms with Crippen LogP contribution in [0.4, 0.5) is 0 Å². The van der Waals surface area contributed by atoms with Crippen molar-refractivity contribution in [3.05, 3.63) is 24.3 Å². The number of carbonyl (C=O) groups excluding carboxylic acids is 3. The van der Waals surface area contributed by atoms with Crippen LogP contribution in [0.25, 0.3) is 0 Å². The van der Waals surface area contributed by atoms with Gasteiger partial charge in [0.15, 0.2) is 6.10 Å². The fourth-order valence-corrected chi connectivity index (χ4v) is 11.4. The van der Waals surface area contributed by atoms with Crippen LogP contribution in [-0.2, 0) is 28.6 Å². The number of hydrogen-bond donors (Lipinski definition) is 0. The SMILES string of the molecule is CCCCCC/C=C\C/C=C\CCCCCCCCCC(=O)OC(COC(=O)CCCCCCCCCCCCCCCCC)COC(=O)CCCCCCCCCCCCCCCCCCCCCCCCCCCCCCCC. The average molecular weight is 1140 g/mol. The molecule has 0 heterocycles. The zero-order valence-electron chi connectivity index (χ0n) is 55.1. The van der Waals surface area contributed by atoms with Crippen LogP contribution >= 0.6 is 0 Å². The molecule has 6 nitrogen and oxygen atoms in total. The molecule has 1 atom stereocenters. The molecule has 0 aliphatic carbocycles. The van der Waals surface area contributed by atoms with Gasteiger partial charge in [-0.1, -0.05) is 373 Å². The molecule has 0 aliphatic rings. The van der Waals surface area contributed by atoms with E-state index in [0.29, 0.717) is 19.3 Å². The first-order valence-corrected chi connectivity index (χ1v) is 36.8. The van der Waals surface area contributed by atoms with Crippen molar-refractivity contribution in [2.45, 2.75) is 425 Å². The number of allylic oxidation sites excluding steroid dienone is 4. The minimum Gasteiger partial charge on any atom is -0.462 e. The molecule has 0 saturated heterocycles. The average Bonchev–Trinajstić information content (AvgIpc) is 3.47. The van der Waals surface area contributed by atoms with Gasteiger partial charge >= 0.3 is 17.9 Å². The summed E-state index contributed by atoms with van der Waals surface area (Å²) in [5, 5.41) is 0. The van der Waals surface area contributed by atoms with Crippen molar-refractivity contribution in [2.24, 2.45) is 0 Å². The molecule has 478 valence electrons. The lowest BCUT2D eigenvalue weighted by Gasteiger charge is -2.18. The Morgan fingerprint density at radius 1 is 0.247 bits per heavy atom. The lowest BCUT2D eigenvalue weighted by Crippen LogP contribution is -2.30. The van der Waals surface area contributed by atoms with Gasteiger partial charge in [0.05, 0.1) is 0 Å². The number of rotatable bonds is 69. The number of ether oxygens (including phenoxy) is 3. The lowest BCUT2D eigenvalue weighted by molar-refractivity contribution is -0.167. The van der Waals surface area contributed by atoms with E-state index in [1.165, 1.54) is 308 Å². The first-order chi connectivity index (χ1) is 40.0. The van der Waals surface area contributed by atoms with Crippen molar-refractivity contribution in [3.8, 4) is 0 Å². The summed E-state index contributed by atoms with van der Waals surface area (Å²) in [5.41, 5.74) is 0. The first kappa shape index (κ1) is 78.9. The van der Waals surface area contributed by atoms with Crippen molar-refractivity contribution in [2.75, 3.05) is 13.2 Å². The minimum absolute atomic E-state index is 0.0680. The van der Waals surface area contributed by atoms with Crippen molar-refractivity contribution in [1.29, 1.82) is 0 Å². The summed E-state index contributed by atoms with van der Waals surface area (Å²) in [7, 11) is 0. The maximum atomic E-state index is 12.9. The number of unbranched alkanes of at least 4 members (excludes halogenated alkanes) is 54. The Bertz CT molecular complexity index is 1310. The summed E-state index contributed by atoms with van der Waals surface area (Å²) in [6, 6.07) is 0. The zero-order chi connectivity index (χ0) is 58.5. The molecule has 0 rings (SSSR count). The van der Waals surface area contributed by atoms with Crippen molar-refractivity contribution in [1.82, 2.24) is 0 Å². The van der Waals surface area contributed by atoms with E-state index >= 15 is 0 Å². The molecule has 0 amide bonds. The summed E-state index contributed by atoms with van der Waals surface area (Å²) in [6.07, 6.45) is 86.5. The highest BCUT2D eigenvalue weighted by atomic mass is 16.6. The van der Waals surface area contributed by atoms with Gasteiger partial charge in [-0.15, -0.1) is 0 Å². The molecule has 0 radical (unpaired) electrons. The first-order valence-electron chi connectivity index (χ1n) is 36.8. The molecule has 81 heavy (non-hydrogen) atoms. The van der Waals surface area contributed by atoms with E-state index in [0.717, 1.165) is 70.6 Å². The van der Waals surface area contributed by atoms with Crippen molar-refractivity contribution in [3.63, 3.8) is 0 Å². The Hall–Kier alpha value is -2.11. The van der Waals surface area contributed by atoms with Crippen molar-refractivity contribution >= 4 is 17.9 Å². The standard InChI is InChI=1S/C75H142O6/c1-4-7-10-13-16-19-22-25-28-30-32-33-34-35-36-37-38-39-40-41-42-43-45-47-50-53-56-59-62-65-68-74(77)80-71-72(70-79-73(76)67-64-61-58-55-52-49-46-27-24-21-18-15-12-9-6-3)81-75(78)69-66-63-60-57-54-51-48-44-31-29-26-23-20-17-14-11-8-5-2/h20,23,29,31,72H,4-19,21-22,24-28,30,32-71H2,1-3H3/b23-20-,31-29-. The molecule has 0 aromatic heterocycles. The second-order valence-electron chi connectivity index (χ2n) is 25.2. The topological polar surface area (TPSA) is 78.9 Å². The Morgan fingerprint density at radius 3 is 0.691 bits per heavy atom. The van der Waals surface area contributed by atoms with Crippen LogP contribution in [0.2, 0.25) is 0 Å². The van der Waals surface area contributed by atoms with Gasteiger partial charge in [0.25, 0.3) is 0 Å². The van der Waals surface area contributed by atoms with Crippen LogP contribution in [0.1, 0.15) is 419 Å². The van der Waals surface area contributed by atoms with Gasteiger partial charge in [0, 0.05) is 19.3 Å². The van der Waals surface area contributed by atoms with E-state index in [2.05, 4.69) is 45.1 Å². The number of esters is 3. The molecule has 6 heteroatoms. The number of carbonyl (C=O) groups is 3. The van der Waals surface area contributed by atoms with Gasteiger partial charge in [0.1, 0.15) is 13.2 Å². The predicted octanol–water partition coefficient (Wildman–Crippen LogP) is 25.3. The largest absolute Gasteiger partial charge is 0.462 e. The van der Waals surface area contributed by atoms with Gasteiger partial charge < -0.3 is 14.2 Å². The van der Waals surface area contributed by atoms with Crippen LogP contribution in [0.5, 0.6) is 0 Å². The molecule has 0 bridgehead atoms. The van der Waals surface area contributed by atoms with E-state index < -0.39 is 6.10 Å². The highest BCUT2D eigenvalue weighted by Gasteiger charge is 2.20. The molecule has 1 unspecified atom stereocenters. The second-order valence-corrected chi connectivity index (χ2v) is 25.2. The lowest BCUT2D eigenvalue weighted by atomic mass is 10.0. The molecule has 0 aromatic carbocycles. The predicted molar refractivity (Wildman–Crippen MR) is 353 cm³/mol. The molecular formula is C75H142O6. The van der Waals surface area contributed by atoms with Crippen LogP contribution in [0, 0.1) is 0 Å². The third-order valence-corrected chi connectivity index (χ3v) is 17.0. The van der Waals surface area contributed by atoms with Gasteiger partial charge in [-0.3, -0.25) is 14.4 Å². The Morgan fingerprint density at radius 2 is 0.444 bits per heavy atom. The van der Waals surface area contributed by atoms with E-state index in [9.17, 15) is 14.4 Å². The van der Waals surface area contributed by atoms with E-state index in [1.807, 2.05) is 0 Å². The van der Waals surface area contributed by atoms with Crippen LogP contribution < -0.4 is 0 Å². The van der Waals surface area contributed by atoms with E-state index in [1.54, 1.807) is 0 Å². The van der Waals surface area contributed by atoms with Gasteiger partial charge in [-0.05, 0) is 51.4 Å². The fraction of sp³-hybridized carbons (Fsp3) is 0.907. The summed E-state index contributed by atoms with van der Waals surface area (Å²) in [5.74, 6) is -0.842.